The summed E-state index contributed by atoms with van der Waals surface area (Å²) in [6, 6.07) is 10.3. The molecule has 0 unspecified atom stereocenters. The highest BCUT2D eigenvalue weighted by Gasteiger charge is 2.27. The van der Waals surface area contributed by atoms with Crippen LogP contribution in [0.1, 0.15) is 43.6 Å². The molecule has 1 aliphatic rings. The van der Waals surface area contributed by atoms with Crippen LogP contribution in [0.2, 0.25) is 5.02 Å². The first-order valence-corrected chi connectivity index (χ1v) is 13.0. The first kappa shape index (κ1) is 22.8. The van der Waals surface area contributed by atoms with Gasteiger partial charge in [-0.15, -0.1) is 0 Å². The Balaban J connectivity index is 1.35. The lowest BCUT2D eigenvalue weighted by Gasteiger charge is -2.32. The second-order valence-corrected chi connectivity index (χ2v) is 10.9. The number of aryl methyl sites for hydroxylation is 1. The summed E-state index contributed by atoms with van der Waals surface area (Å²) >= 11 is 6.00. The van der Waals surface area contributed by atoms with Crippen molar-refractivity contribution in [2.24, 2.45) is 7.05 Å². The average molecular weight is 474 g/mol. The van der Waals surface area contributed by atoms with Gasteiger partial charge in [0.15, 0.2) is 9.84 Å². The van der Waals surface area contributed by atoms with Crippen LogP contribution in [0.4, 0.5) is 0 Å². The molecule has 1 aromatic heterocycles. The minimum absolute atomic E-state index is 0.00263. The van der Waals surface area contributed by atoms with E-state index in [-0.39, 0.29) is 23.0 Å². The highest BCUT2D eigenvalue weighted by Crippen LogP contribution is 2.29. The fourth-order valence-electron chi connectivity index (χ4n) is 4.48. The molecule has 1 amide bonds. The van der Waals surface area contributed by atoms with Crippen LogP contribution in [-0.4, -0.2) is 47.6 Å². The smallest absolute Gasteiger partial charge is 0.223 e. The fourth-order valence-corrected chi connectivity index (χ4v) is 5.92. The van der Waals surface area contributed by atoms with Crippen LogP contribution in [0.3, 0.4) is 0 Å². The molecule has 0 spiro atoms. The molecule has 0 N–H and O–H groups in total. The van der Waals surface area contributed by atoms with Gasteiger partial charge in [0.25, 0.3) is 0 Å². The van der Waals surface area contributed by atoms with E-state index in [1.165, 1.54) is 5.69 Å². The first-order chi connectivity index (χ1) is 15.3. The summed E-state index contributed by atoms with van der Waals surface area (Å²) in [5.74, 6) is 1.16. The van der Waals surface area contributed by atoms with Gasteiger partial charge in [0.05, 0.1) is 10.6 Å². The monoisotopic (exact) mass is 473 g/mol. The van der Waals surface area contributed by atoms with Crippen molar-refractivity contribution in [3.63, 3.8) is 0 Å². The number of hydrogen-bond acceptors (Lipinski definition) is 4. The second kappa shape index (κ2) is 9.24. The molecule has 1 aliphatic heterocycles. The predicted molar refractivity (Wildman–Crippen MR) is 127 cm³/mol. The Hall–Kier alpha value is -2.38. The number of nitrogens with zero attached hydrogens (tertiary/aromatic N) is 3. The van der Waals surface area contributed by atoms with E-state index in [9.17, 15) is 13.2 Å². The molecule has 6 nitrogen and oxygen atoms in total. The number of rotatable bonds is 6. The average Bonchev–Trinajstić information content (AvgIpc) is 3.17. The highest BCUT2D eigenvalue weighted by molar-refractivity contribution is 7.91. The van der Waals surface area contributed by atoms with Gasteiger partial charge in [0.2, 0.25) is 5.91 Å². The minimum atomic E-state index is -3.55. The number of carbonyl (C=O) groups is 1. The third-order valence-corrected chi connectivity index (χ3v) is 8.37. The zero-order chi connectivity index (χ0) is 22.9. The van der Waals surface area contributed by atoms with Crippen LogP contribution in [0.15, 0.2) is 47.5 Å². The van der Waals surface area contributed by atoms with Gasteiger partial charge < -0.3 is 9.47 Å². The van der Waals surface area contributed by atoms with Gasteiger partial charge in [-0.05, 0) is 47.9 Å². The summed E-state index contributed by atoms with van der Waals surface area (Å²) in [4.78, 5) is 19.2. The Bertz CT molecular complexity index is 1240. The number of imidazole rings is 1. The quantitative estimate of drug-likeness (QED) is 0.533. The van der Waals surface area contributed by atoms with Crippen LogP contribution in [0.25, 0.3) is 10.8 Å². The molecule has 8 heteroatoms. The molecule has 2 aromatic carbocycles. The van der Waals surface area contributed by atoms with E-state index in [0.717, 1.165) is 35.9 Å². The van der Waals surface area contributed by atoms with E-state index < -0.39 is 9.84 Å². The highest BCUT2D eigenvalue weighted by atomic mass is 35.5. The van der Waals surface area contributed by atoms with Gasteiger partial charge in [0.1, 0.15) is 5.82 Å². The number of carbonyl (C=O) groups excluding carboxylic acids is 1. The molecule has 0 atom stereocenters. The van der Waals surface area contributed by atoms with E-state index in [2.05, 4.69) is 16.5 Å². The van der Waals surface area contributed by atoms with Crippen LogP contribution < -0.4 is 0 Å². The van der Waals surface area contributed by atoms with Gasteiger partial charge in [-0.2, -0.15) is 0 Å². The molecular weight excluding hydrogens is 446 g/mol. The van der Waals surface area contributed by atoms with Crippen molar-refractivity contribution < 1.29 is 13.2 Å². The summed E-state index contributed by atoms with van der Waals surface area (Å²) in [5.41, 5.74) is 1.22. The van der Waals surface area contributed by atoms with Crippen molar-refractivity contribution in [2.45, 2.75) is 43.4 Å². The molecule has 2 heterocycles. The normalized spacial score (nSPS) is 15.4. The summed E-state index contributed by atoms with van der Waals surface area (Å²) in [5, 5.41) is 2.30. The third-order valence-electron chi connectivity index (χ3n) is 6.42. The maximum Gasteiger partial charge on any atom is 0.223 e. The van der Waals surface area contributed by atoms with Gasteiger partial charge in [-0.1, -0.05) is 30.7 Å². The Morgan fingerprint density at radius 2 is 1.81 bits per heavy atom. The van der Waals surface area contributed by atoms with Gasteiger partial charge >= 0.3 is 0 Å². The second-order valence-electron chi connectivity index (χ2n) is 8.39. The maximum absolute atomic E-state index is 12.8. The summed E-state index contributed by atoms with van der Waals surface area (Å²) in [6.45, 7) is 3.38. The topological polar surface area (TPSA) is 72.3 Å². The zero-order valence-corrected chi connectivity index (χ0v) is 20.0. The Morgan fingerprint density at radius 1 is 1.12 bits per heavy atom. The molecule has 32 heavy (non-hydrogen) atoms. The van der Waals surface area contributed by atoms with Gasteiger partial charge in [-0.25, -0.2) is 13.4 Å². The van der Waals surface area contributed by atoms with Crippen LogP contribution in [0, 0.1) is 0 Å². The maximum atomic E-state index is 12.8. The molecule has 3 aromatic rings. The van der Waals surface area contributed by atoms with Crippen LogP contribution in [0.5, 0.6) is 0 Å². The number of aromatic nitrogens is 2. The number of halogens is 1. The third kappa shape index (κ3) is 4.69. The summed E-state index contributed by atoms with van der Waals surface area (Å²) in [6.07, 6.45) is 4.58. The lowest BCUT2D eigenvalue weighted by molar-refractivity contribution is -0.131. The van der Waals surface area contributed by atoms with E-state index in [1.807, 2.05) is 13.2 Å². The van der Waals surface area contributed by atoms with Crippen molar-refractivity contribution in [3.05, 3.63) is 59.1 Å². The Labute approximate surface area is 194 Å². The zero-order valence-electron chi connectivity index (χ0n) is 18.4. The number of likely N-dealkylation sites (tertiary alicyclic amines) is 1. The fraction of sp³-hybridized carbons (Fsp3) is 0.417. The van der Waals surface area contributed by atoms with E-state index in [4.69, 9.17) is 11.6 Å². The number of fused-ring (bicyclic) bond motifs is 1. The van der Waals surface area contributed by atoms with E-state index in [0.29, 0.717) is 24.0 Å². The van der Waals surface area contributed by atoms with Crippen molar-refractivity contribution in [2.75, 3.05) is 18.8 Å². The number of piperidine rings is 1. The number of hydrogen-bond donors (Lipinski definition) is 0. The molecular formula is C24H28ClN3O3S. The molecule has 0 aliphatic carbocycles. The van der Waals surface area contributed by atoms with Crippen molar-refractivity contribution in [1.29, 1.82) is 0 Å². The van der Waals surface area contributed by atoms with Crippen molar-refractivity contribution in [3.8, 4) is 0 Å². The molecule has 0 radical (unpaired) electrons. The predicted octanol–water partition coefficient (Wildman–Crippen LogP) is 4.36. The standard InChI is InChI=1S/C24H28ClN3O3S/c1-3-23-26-16-22(27(23)2)17-8-11-28(12-9-17)24(29)10-13-32(30,31)21-7-5-18-14-20(25)6-4-19(18)15-21/h4-7,14-17H,3,8-13H2,1-2H3. The molecule has 0 bridgehead atoms. The number of benzene rings is 2. The number of amides is 1. The summed E-state index contributed by atoms with van der Waals surface area (Å²) < 4.78 is 27.8. The van der Waals surface area contributed by atoms with Crippen molar-refractivity contribution >= 4 is 38.1 Å². The van der Waals surface area contributed by atoms with Gasteiger partial charge in [-0.3, -0.25) is 4.79 Å². The molecule has 4 rings (SSSR count). The van der Waals surface area contributed by atoms with Crippen LogP contribution >= 0.6 is 11.6 Å². The minimum Gasteiger partial charge on any atom is -0.343 e. The lowest BCUT2D eigenvalue weighted by Crippen LogP contribution is -2.38. The molecule has 1 fully saturated rings. The number of sulfone groups is 1. The van der Waals surface area contributed by atoms with Crippen molar-refractivity contribution in [1.82, 2.24) is 14.5 Å². The van der Waals surface area contributed by atoms with Crippen LogP contribution in [-0.2, 0) is 28.1 Å². The molecule has 170 valence electrons. The SMILES string of the molecule is CCc1ncc(C2CCN(C(=O)CCS(=O)(=O)c3ccc4cc(Cl)ccc4c3)CC2)n1C. The van der Waals surface area contributed by atoms with Gasteiger partial charge in [0, 0.05) is 55.8 Å². The lowest BCUT2D eigenvalue weighted by atomic mass is 9.93. The van der Waals surface area contributed by atoms with E-state index in [1.54, 1.807) is 41.3 Å². The summed E-state index contributed by atoms with van der Waals surface area (Å²) in [7, 11) is -1.50. The molecule has 0 saturated carbocycles. The Morgan fingerprint density at radius 3 is 2.50 bits per heavy atom. The Kier molecular flexibility index (Phi) is 6.58. The van der Waals surface area contributed by atoms with E-state index >= 15 is 0 Å². The molecule has 1 saturated heterocycles. The largest absolute Gasteiger partial charge is 0.343 e. The first-order valence-electron chi connectivity index (χ1n) is 11.0.